The Hall–Kier alpha value is -3.41. The lowest BCUT2D eigenvalue weighted by Crippen LogP contribution is -2.34. The fourth-order valence-corrected chi connectivity index (χ4v) is 3.34. The average molecular weight is 361 g/mol. The first-order valence-electron chi connectivity index (χ1n) is 8.81. The van der Waals surface area contributed by atoms with Gasteiger partial charge in [0.15, 0.2) is 0 Å². The molecule has 27 heavy (non-hydrogen) atoms. The van der Waals surface area contributed by atoms with Crippen LogP contribution < -0.4 is 4.74 Å². The Morgan fingerprint density at radius 3 is 2.89 bits per heavy atom. The molecule has 136 valence electrons. The first kappa shape index (κ1) is 17.0. The fourth-order valence-electron chi connectivity index (χ4n) is 3.34. The smallest absolute Gasteiger partial charge is 0.308 e. The molecule has 6 heteroatoms. The van der Waals surface area contributed by atoms with Crippen LogP contribution in [0.25, 0.3) is 16.6 Å². The van der Waals surface area contributed by atoms with Gasteiger partial charge >= 0.3 is 5.97 Å². The molecule has 1 aromatic carbocycles. The second-order valence-corrected chi connectivity index (χ2v) is 6.45. The quantitative estimate of drug-likeness (QED) is 0.573. The van der Waals surface area contributed by atoms with Crippen molar-refractivity contribution in [2.75, 3.05) is 13.1 Å². The molecule has 1 aliphatic rings. The van der Waals surface area contributed by atoms with Crippen molar-refractivity contribution >= 4 is 28.5 Å². The number of amides is 1. The van der Waals surface area contributed by atoms with Crippen LogP contribution in [0.5, 0.6) is 5.75 Å². The molecule has 1 amide bonds. The van der Waals surface area contributed by atoms with Crippen LogP contribution in [0.4, 0.5) is 0 Å². The Labute approximate surface area is 156 Å². The van der Waals surface area contributed by atoms with E-state index in [1.807, 2.05) is 18.3 Å². The largest absolute Gasteiger partial charge is 0.427 e. The molecule has 0 saturated heterocycles. The minimum Gasteiger partial charge on any atom is -0.427 e. The molecular weight excluding hydrogens is 342 g/mol. The van der Waals surface area contributed by atoms with Crippen molar-refractivity contribution in [2.45, 2.75) is 13.3 Å². The second-order valence-electron chi connectivity index (χ2n) is 6.45. The molecule has 2 aromatic heterocycles. The number of nitrogens with zero attached hydrogens (tertiary/aromatic N) is 2. The maximum atomic E-state index is 12.8. The molecule has 0 aliphatic carbocycles. The molecule has 1 aliphatic heterocycles. The molecule has 0 atom stereocenters. The van der Waals surface area contributed by atoms with E-state index in [0.717, 1.165) is 23.0 Å². The molecule has 0 spiro atoms. The number of carbonyl (C=O) groups is 2. The molecule has 6 nitrogen and oxygen atoms in total. The molecule has 1 N–H and O–H groups in total. The summed E-state index contributed by atoms with van der Waals surface area (Å²) in [5, 5.41) is 0. The molecule has 0 fully saturated rings. The van der Waals surface area contributed by atoms with Crippen molar-refractivity contribution in [3.8, 4) is 5.75 Å². The van der Waals surface area contributed by atoms with Gasteiger partial charge in [-0.3, -0.25) is 14.6 Å². The Balaban J connectivity index is 1.51. The van der Waals surface area contributed by atoms with Gasteiger partial charge in [-0.15, -0.1) is 0 Å². The summed E-state index contributed by atoms with van der Waals surface area (Å²) >= 11 is 0. The van der Waals surface area contributed by atoms with E-state index in [4.69, 9.17) is 4.74 Å². The SMILES string of the molecule is CC(=O)Oc1cccc(C(=O)N2CC=C(c3c[nH]c4cccnc34)CC2)c1. The normalized spacial score (nSPS) is 14.1. The summed E-state index contributed by atoms with van der Waals surface area (Å²) in [4.78, 5) is 33.4. The highest BCUT2D eigenvalue weighted by atomic mass is 16.5. The van der Waals surface area contributed by atoms with Crippen LogP contribution in [-0.2, 0) is 4.79 Å². The number of carbonyl (C=O) groups excluding carboxylic acids is 2. The number of pyridine rings is 1. The van der Waals surface area contributed by atoms with Crippen LogP contribution in [-0.4, -0.2) is 39.8 Å². The topological polar surface area (TPSA) is 75.3 Å². The Bertz CT molecular complexity index is 1050. The van der Waals surface area contributed by atoms with Crippen molar-refractivity contribution in [2.24, 2.45) is 0 Å². The van der Waals surface area contributed by atoms with Crippen LogP contribution in [0.2, 0.25) is 0 Å². The number of hydrogen-bond acceptors (Lipinski definition) is 4. The lowest BCUT2D eigenvalue weighted by molar-refractivity contribution is -0.131. The van der Waals surface area contributed by atoms with Gasteiger partial charge in [0.2, 0.25) is 0 Å². The van der Waals surface area contributed by atoms with Crippen LogP contribution in [0.15, 0.2) is 54.9 Å². The molecule has 3 heterocycles. The summed E-state index contributed by atoms with van der Waals surface area (Å²) in [6, 6.07) is 10.6. The summed E-state index contributed by atoms with van der Waals surface area (Å²) in [6.45, 7) is 2.50. The lowest BCUT2D eigenvalue weighted by Gasteiger charge is -2.26. The first-order valence-corrected chi connectivity index (χ1v) is 8.81. The third-order valence-corrected chi connectivity index (χ3v) is 4.62. The van der Waals surface area contributed by atoms with E-state index in [2.05, 4.69) is 16.0 Å². The van der Waals surface area contributed by atoms with E-state index in [9.17, 15) is 9.59 Å². The third-order valence-electron chi connectivity index (χ3n) is 4.62. The Kier molecular flexibility index (Phi) is 4.46. The predicted molar refractivity (Wildman–Crippen MR) is 102 cm³/mol. The molecule has 0 saturated carbocycles. The highest BCUT2D eigenvalue weighted by Gasteiger charge is 2.21. The van der Waals surface area contributed by atoms with Gasteiger partial charge in [-0.1, -0.05) is 12.1 Å². The van der Waals surface area contributed by atoms with Gasteiger partial charge in [0.1, 0.15) is 5.75 Å². The number of esters is 1. The lowest BCUT2D eigenvalue weighted by atomic mass is 10.0. The van der Waals surface area contributed by atoms with Crippen molar-refractivity contribution in [3.05, 3.63) is 66.0 Å². The van der Waals surface area contributed by atoms with Crippen LogP contribution >= 0.6 is 0 Å². The number of benzene rings is 1. The Morgan fingerprint density at radius 1 is 1.22 bits per heavy atom. The molecule has 0 bridgehead atoms. The molecule has 3 aromatic rings. The highest BCUT2D eigenvalue weighted by molar-refractivity contribution is 5.96. The van der Waals surface area contributed by atoms with Gasteiger partial charge in [0, 0.05) is 43.5 Å². The molecular formula is C21H19N3O3. The van der Waals surface area contributed by atoms with Crippen molar-refractivity contribution in [3.63, 3.8) is 0 Å². The number of fused-ring (bicyclic) bond motifs is 1. The number of ether oxygens (including phenoxy) is 1. The summed E-state index contributed by atoms with van der Waals surface area (Å²) < 4.78 is 5.07. The van der Waals surface area contributed by atoms with E-state index >= 15 is 0 Å². The molecule has 4 rings (SSSR count). The second kappa shape index (κ2) is 7.07. The standard InChI is InChI=1S/C21H19N3O3/c1-14(25)27-17-5-2-4-16(12-17)21(26)24-10-7-15(8-11-24)18-13-23-19-6-3-9-22-20(18)19/h2-7,9,12-13,23H,8,10-11H2,1H3. The number of H-pyrrole nitrogens is 1. The van der Waals surface area contributed by atoms with Crippen molar-refractivity contribution in [1.82, 2.24) is 14.9 Å². The Morgan fingerprint density at radius 2 is 2.11 bits per heavy atom. The van der Waals surface area contributed by atoms with Gasteiger partial charge in [-0.25, -0.2) is 0 Å². The summed E-state index contributed by atoms with van der Waals surface area (Å²) in [6.07, 6.45) is 6.60. The predicted octanol–water partition coefficient (Wildman–Crippen LogP) is 3.42. The van der Waals surface area contributed by atoms with Gasteiger partial charge in [-0.05, 0) is 42.3 Å². The van der Waals surface area contributed by atoms with E-state index in [1.165, 1.54) is 12.5 Å². The van der Waals surface area contributed by atoms with Gasteiger partial charge < -0.3 is 14.6 Å². The van der Waals surface area contributed by atoms with E-state index in [0.29, 0.717) is 24.4 Å². The first-order chi connectivity index (χ1) is 13.1. The van der Waals surface area contributed by atoms with Crippen LogP contribution in [0.3, 0.4) is 0 Å². The number of rotatable bonds is 3. The van der Waals surface area contributed by atoms with E-state index in [1.54, 1.807) is 35.4 Å². The highest BCUT2D eigenvalue weighted by Crippen LogP contribution is 2.28. The third kappa shape index (κ3) is 3.46. The minimum absolute atomic E-state index is 0.0728. The molecule has 0 unspecified atom stereocenters. The van der Waals surface area contributed by atoms with Gasteiger partial charge in [0.05, 0.1) is 11.0 Å². The van der Waals surface area contributed by atoms with E-state index < -0.39 is 5.97 Å². The zero-order valence-corrected chi connectivity index (χ0v) is 14.9. The zero-order valence-electron chi connectivity index (χ0n) is 14.9. The zero-order chi connectivity index (χ0) is 18.8. The van der Waals surface area contributed by atoms with Gasteiger partial charge in [0.25, 0.3) is 5.91 Å². The van der Waals surface area contributed by atoms with Crippen LogP contribution in [0.1, 0.15) is 29.3 Å². The fraction of sp³-hybridized carbons (Fsp3) is 0.190. The molecule has 0 radical (unpaired) electrons. The number of nitrogens with one attached hydrogen (secondary N) is 1. The summed E-state index contributed by atoms with van der Waals surface area (Å²) in [5.41, 5.74) is 4.76. The maximum Gasteiger partial charge on any atom is 0.308 e. The van der Waals surface area contributed by atoms with Crippen molar-refractivity contribution in [1.29, 1.82) is 0 Å². The average Bonchev–Trinajstić information content (AvgIpc) is 3.11. The number of aromatic amines is 1. The van der Waals surface area contributed by atoms with Crippen molar-refractivity contribution < 1.29 is 14.3 Å². The minimum atomic E-state index is -0.405. The van der Waals surface area contributed by atoms with Gasteiger partial charge in [-0.2, -0.15) is 0 Å². The number of aromatic nitrogens is 2. The monoisotopic (exact) mass is 361 g/mol. The summed E-state index contributed by atoms with van der Waals surface area (Å²) in [7, 11) is 0. The number of hydrogen-bond donors (Lipinski definition) is 1. The summed E-state index contributed by atoms with van der Waals surface area (Å²) in [5.74, 6) is -0.0969. The van der Waals surface area contributed by atoms with Crippen LogP contribution in [0, 0.1) is 0 Å². The van der Waals surface area contributed by atoms with E-state index in [-0.39, 0.29) is 5.91 Å². The maximum absolute atomic E-state index is 12.8.